The molecule has 1 aromatic rings. The van der Waals surface area contributed by atoms with Gasteiger partial charge in [-0.1, -0.05) is 0 Å². The first-order valence-corrected chi connectivity index (χ1v) is 6.68. The number of hydrogen-bond acceptors (Lipinski definition) is 6. The topological polar surface area (TPSA) is 100 Å². The van der Waals surface area contributed by atoms with Crippen LogP contribution in [0.3, 0.4) is 0 Å². The predicted octanol–water partition coefficient (Wildman–Crippen LogP) is 0.364. The van der Waals surface area contributed by atoms with Gasteiger partial charge in [-0.2, -0.15) is 4.37 Å². The first kappa shape index (κ1) is 15.2. The Hall–Kier alpha value is -1.83. The minimum Gasteiger partial charge on any atom is -0.382 e. The van der Waals surface area contributed by atoms with Crippen LogP contribution in [-0.2, 0) is 4.79 Å². The van der Waals surface area contributed by atoms with Crippen LogP contribution in [0.2, 0.25) is 0 Å². The number of anilines is 2. The molecule has 0 aliphatic heterocycles. The molecule has 19 heavy (non-hydrogen) atoms. The van der Waals surface area contributed by atoms with E-state index in [1.54, 1.807) is 18.9 Å². The monoisotopic (exact) mass is 285 g/mol. The zero-order valence-electron chi connectivity index (χ0n) is 11.5. The largest absolute Gasteiger partial charge is 0.382 e. The standard InChI is InChI=1S/C11H19N5O2S/c1-5-16(4)11(18)6(2)14-10-7(9(17)13-3)8(12)15-19-10/h6,14H,5H2,1-4H3,(H2,12,15)(H,13,17). The molecule has 106 valence electrons. The number of nitrogens with two attached hydrogens (primary N) is 1. The second kappa shape index (κ2) is 6.37. The molecule has 0 aliphatic rings. The second-order valence-corrected chi connectivity index (χ2v) is 4.84. The number of likely N-dealkylation sites (N-methyl/N-ethyl adjacent to an activating group) is 1. The minimum atomic E-state index is -0.451. The van der Waals surface area contributed by atoms with E-state index < -0.39 is 6.04 Å². The van der Waals surface area contributed by atoms with E-state index in [2.05, 4.69) is 15.0 Å². The van der Waals surface area contributed by atoms with Crippen LogP contribution in [-0.4, -0.2) is 47.8 Å². The van der Waals surface area contributed by atoms with Crippen LogP contribution in [0.5, 0.6) is 0 Å². The van der Waals surface area contributed by atoms with Gasteiger partial charge in [0.1, 0.15) is 16.6 Å². The molecule has 0 aliphatic carbocycles. The van der Waals surface area contributed by atoms with Gasteiger partial charge in [0.25, 0.3) is 5.91 Å². The summed E-state index contributed by atoms with van der Waals surface area (Å²) in [6.07, 6.45) is 0. The molecule has 0 radical (unpaired) electrons. The van der Waals surface area contributed by atoms with E-state index in [-0.39, 0.29) is 23.2 Å². The molecule has 1 atom stereocenters. The molecule has 1 aromatic heterocycles. The number of amides is 2. The minimum absolute atomic E-state index is 0.0580. The lowest BCUT2D eigenvalue weighted by molar-refractivity contribution is -0.130. The summed E-state index contributed by atoms with van der Waals surface area (Å²) in [4.78, 5) is 25.2. The first-order valence-electron chi connectivity index (χ1n) is 5.91. The lowest BCUT2D eigenvalue weighted by Crippen LogP contribution is -2.39. The quantitative estimate of drug-likeness (QED) is 0.725. The highest BCUT2D eigenvalue weighted by molar-refractivity contribution is 7.11. The van der Waals surface area contributed by atoms with Crippen LogP contribution in [0.15, 0.2) is 0 Å². The first-order chi connectivity index (χ1) is 8.92. The van der Waals surface area contributed by atoms with Gasteiger partial charge in [-0.15, -0.1) is 0 Å². The summed E-state index contributed by atoms with van der Waals surface area (Å²) in [6.45, 7) is 4.25. The lowest BCUT2D eigenvalue weighted by atomic mass is 10.2. The number of carbonyl (C=O) groups is 2. The van der Waals surface area contributed by atoms with E-state index >= 15 is 0 Å². The zero-order valence-corrected chi connectivity index (χ0v) is 12.3. The molecule has 0 aromatic carbocycles. The Balaban J connectivity index is 2.89. The molecule has 0 bridgehead atoms. The number of aromatic nitrogens is 1. The fourth-order valence-electron chi connectivity index (χ4n) is 1.49. The molecule has 1 unspecified atom stereocenters. The van der Waals surface area contributed by atoms with E-state index in [0.29, 0.717) is 11.5 Å². The van der Waals surface area contributed by atoms with Gasteiger partial charge in [-0.3, -0.25) is 9.59 Å². The van der Waals surface area contributed by atoms with Gasteiger partial charge >= 0.3 is 0 Å². The summed E-state index contributed by atoms with van der Waals surface area (Å²) in [6, 6.07) is -0.451. The fourth-order valence-corrected chi connectivity index (χ4v) is 2.29. The number of rotatable bonds is 5. The van der Waals surface area contributed by atoms with Gasteiger partial charge in [0.15, 0.2) is 5.82 Å². The molecule has 1 heterocycles. The Labute approximate surface area is 116 Å². The highest BCUT2D eigenvalue weighted by Gasteiger charge is 2.22. The average Bonchev–Trinajstić information content (AvgIpc) is 2.76. The normalized spacial score (nSPS) is 11.8. The Morgan fingerprint density at radius 1 is 1.53 bits per heavy atom. The third-order valence-corrected chi connectivity index (χ3v) is 3.53. The molecule has 4 N–H and O–H groups in total. The van der Waals surface area contributed by atoms with Crippen molar-refractivity contribution in [1.29, 1.82) is 0 Å². The molecule has 0 saturated carbocycles. The highest BCUT2D eigenvalue weighted by Crippen LogP contribution is 2.27. The van der Waals surface area contributed by atoms with Crippen molar-refractivity contribution in [3.05, 3.63) is 5.56 Å². The molecule has 7 nitrogen and oxygen atoms in total. The molecule has 2 amide bonds. The van der Waals surface area contributed by atoms with Crippen molar-refractivity contribution >= 4 is 34.2 Å². The molecule has 1 rings (SSSR count). The lowest BCUT2D eigenvalue weighted by Gasteiger charge is -2.20. The molecule has 8 heteroatoms. The summed E-state index contributed by atoms with van der Waals surface area (Å²) < 4.78 is 3.93. The fraction of sp³-hybridized carbons (Fsp3) is 0.545. The predicted molar refractivity (Wildman–Crippen MR) is 76.3 cm³/mol. The third-order valence-electron chi connectivity index (χ3n) is 2.74. The smallest absolute Gasteiger partial charge is 0.257 e. The van der Waals surface area contributed by atoms with Gasteiger partial charge < -0.3 is 21.3 Å². The van der Waals surface area contributed by atoms with Crippen molar-refractivity contribution in [2.45, 2.75) is 19.9 Å². The Morgan fingerprint density at radius 3 is 2.68 bits per heavy atom. The van der Waals surface area contributed by atoms with E-state index in [9.17, 15) is 9.59 Å². The maximum absolute atomic E-state index is 12.0. The average molecular weight is 285 g/mol. The van der Waals surface area contributed by atoms with E-state index in [1.807, 2.05) is 6.92 Å². The van der Waals surface area contributed by atoms with Crippen molar-refractivity contribution in [3.63, 3.8) is 0 Å². The van der Waals surface area contributed by atoms with Crippen LogP contribution >= 0.6 is 11.5 Å². The van der Waals surface area contributed by atoms with E-state index in [1.165, 1.54) is 7.05 Å². The summed E-state index contributed by atoms with van der Waals surface area (Å²) in [7, 11) is 3.24. The van der Waals surface area contributed by atoms with Gasteiger partial charge in [-0.05, 0) is 25.4 Å². The van der Waals surface area contributed by atoms with Gasteiger partial charge in [0, 0.05) is 20.6 Å². The molecular weight excluding hydrogens is 266 g/mol. The van der Waals surface area contributed by atoms with Gasteiger partial charge in [-0.25, -0.2) is 0 Å². The summed E-state index contributed by atoms with van der Waals surface area (Å²) in [5.74, 6) is -0.218. The number of hydrogen-bond donors (Lipinski definition) is 3. The second-order valence-electron chi connectivity index (χ2n) is 4.07. The summed E-state index contributed by atoms with van der Waals surface area (Å²) in [5.41, 5.74) is 5.94. The van der Waals surface area contributed by atoms with Crippen molar-refractivity contribution in [3.8, 4) is 0 Å². The van der Waals surface area contributed by atoms with Crippen molar-refractivity contribution in [2.75, 3.05) is 31.7 Å². The van der Waals surface area contributed by atoms with Crippen LogP contribution in [0.4, 0.5) is 10.8 Å². The molecule has 0 spiro atoms. The number of nitrogens with one attached hydrogen (secondary N) is 2. The maximum atomic E-state index is 12.0. The molecule has 0 fully saturated rings. The SMILES string of the molecule is CCN(C)C(=O)C(C)Nc1snc(N)c1C(=O)NC. The number of nitrogen functional groups attached to an aromatic ring is 1. The number of carbonyl (C=O) groups excluding carboxylic acids is 2. The summed E-state index contributed by atoms with van der Waals surface area (Å²) in [5, 5.41) is 5.98. The van der Waals surface area contributed by atoms with E-state index in [0.717, 1.165) is 11.5 Å². The maximum Gasteiger partial charge on any atom is 0.257 e. The summed E-state index contributed by atoms with van der Waals surface area (Å²) >= 11 is 1.07. The van der Waals surface area contributed by atoms with Gasteiger partial charge in [0.2, 0.25) is 5.91 Å². The van der Waals surface area contributed by atoms with Crippen LogP contribution in [0.1, 0.15) is 24.2 Å². The Bertz CT molecular complexity index is 474. The van der Waals surface area contributed by atoms with Crippen molar-refractivity contribution in [1.82, 2.24) is 14.6 Å². The number of nitrogens with zero attached hydrogens (tertiary/aromatic N) is 2. The highest BCUT2D eigenvalue weighted by atomic mass is 32.1. The van der Waals surface area contributed by atoms with E-state index in [4.69, 9.17) is 5.73 Å². The molecule has 0 saturated heterocycles. The van der Waals surface area contributed by atoms with Crippen molar-refractivity contribution in [2.24, 2.45) is 0 Å². The zero-order chi connectivity index (χ0) is 14.6. The molecular formula is C11H19N5O2S. The van der Waals surface area contributed by atoms with Crippen molar-refractivity contribution < 1.29 is 9.59 Å². The van der Waals surface area contributed by atoms with Crippen LogP contribution in [0.25, 0.3) is 0 Å². The van der Waals surface area contributed by atoms with Crippen LogP contribution < -0.4 is 16.4 Å². The van der Waals surface area contributed by atoms with Crippen LogP contribution in [0, 0.1) is 0 Å². The third kappa shape index (κ3) is 3.34. The Kier molecular flexibility index (Phi) is 5.11. The van der Waals surface area contributed by atoms with Gasteiger partial charge in [0.05, 0.1) is 0 Å². The Morgan fingerprint density at radius 2 is 2.16 bits per heavy atom.